The molecular formula is C11H11ClO3. The second kappa shape index (κ2) is 3.42. The highest BCUT2D eigenvalue weighted by Crippen LogP contribution is 2.43. The van der Waals surface area contributed by atoms with Gasteiger partial charge in [-0.2, -0.15) is 0 Å². The summed E-state index contributed by atoms with van der Waals surface area (Å²) in [7, 11) is 0. The number of rotatable bonds is 1. The molecule has 1 aromatic carbocycles. The number of phenols is 1. The maximum absolute atomic E-state index is 11.2. The zero-order valence-corrected chi connectivity index (χ0v) is 9.26. The molecule has 80 valence electrons. The minimum absolute atomic E-state index is 0.0408. The number of aromatic hydroxyl groups is 1. The summed E-state index contributed by atoms with van der Waals surface area (Å²) in [5.74, 6) is 0.125. The van der Waals surface area contributed by atoms with Gasteiger partial charge in [-0.3, -0.25) is 4.79 Å². The van der Waals surface area contributed by atoms with Gasteiger partial charge in [-0.05, 0) is 19.9 Å². The van der Waals surface area contributed by atoms with Crippen LogP contribution in [0.3, 0.4) is 0 Å². The number of halogens is 1. The number of hydrogen-bond acceptors (Lipinski definition) is 3. The molecule has 1 atom stereocenters. The molecule has 0 radical (unpaired) electrons. The van der Waals surface area contributed by atoms with Crippen LogP contribution in [0.15, 0.2) is 6.07 Å². The van der Waals surface area contributed by atoms with Crippen LogP contribution in [-0.4, -0.2) is 17.0 Å². The SMILES string of the molecule is CC(=O)c1cc2c(c(Cl)c1O)OC(C)C2. The number of fused-ring (bicyclic) bond motifs is 1. The zero-order chi connectivity index (χ0) is 11.2. The van der Waals surface area contributed by atoms with Gasteiger partial charge in [0.1, 0.15) is 22.6 Å². The fourth-order valence-electron chi connectivity index (χ4n) is 1.77. The Bertz CT molecular complexity index is 440. The van der Waals surface area contributed by atoms with Crippen molar-refractivity contribution in [3.63, 3.8) is 0 Å². The Morgan fingerprint density at radius 2 is 2.33 bits per heavy atom. The first-order valence-electron chi connectivity index (χ1n) is 4.72. The van der Waals surface area contributed by atoms with Crippen molar-refractivity contribution in [2.45, 2.75) is 26.4 Å². The highest BCUT2D eigenvalue weighted by molar-refractivity contribution is 6.34. The van der Waals surface area contributed by atoms with Gasteiger partial charge in [0.15, 0.2) is 5.78 Å². The summed E-state index contributed by atoms with van der Waals surface area (Å²) in [6, 6.07) is 1.66. The van der Waals surface area contributed by atoms with E-state index in [0.29, 0.717) is 5.75 Å². The molecular weight excluding hydrogens is 216 g/mol. The van der Waals surface area contributed by atoms with Crippen LogP contribution in [0.1, 0.15) is 29.8 Å². The van der Waals surface area contributed by atoms with Crippen molar-refractivity contribution in [3.8, 4) is 11.5 Å². The monoisotopic (exact) mass is 226 g/mol. The van der Waals surface area contributed by atoms with E-state index in [2.05, 4.69) is 0 Å². The predicted octanol–water partition coefficient (Wildman–Crippen LogP) is 2.57. The molecule has 0 saturated carbocycles. The molecule has 0 fully saturated rings. The minimum atomic E-state index is -0.197. The van der Waals surface area contributed by atoms with E-state index in [1.807, 2.05) is 6.92 Å². The Labute approximate surface area is 92.6 Å². The molecule has 1 unspecified atom stereocenters. The van der Waals surface area contributed by atoms with Crippen molar-refractivity contribution < 1.29 is 14.6 Å². The van der Waals surface area contributed by atoms with Crippen LogP contribution in [0.4, 0.5) is 0 Å². The fraction of sp³-hybridized carbons (Fsp3) is 0.364. The van der Waals surface area contributed by atoms with Gasteiger partial charge in [0.25, 0.3) is 0 Å². The maximum Gasteiger partial charge on any atom is 0.163 e. The summed E-state index contributed by atoms with van der Waals surface area (Å²) in [6.07, 6.45) is 0.759. The van der Waals surface area contributed by atoms with Crippen molar-refractivity contribution in [1.29, 1.82) is 0 Å². The lowest BCUT2D eigenvalue weighted by molar-refractivity contribution is 0.101. The van der Waals surface area contributed by atoms with E-state index in [-0.39, 0.29) is 28.2 Å². The molecule has 0 bridgehead atoms. The molecule has 0 aliphatic carbocycles. The lowest BCUT2D eigenvalue weighted by Crippen LogP contribution is -2.05. The number of benzene rings is 1. The topological polar surface area (TPSA) is 46.5 Å². The molecule has 1 N–H and O–H groups in total. The fourth-order valence-corrected chi connectivity index (χ4v) is 2.04. The highest BCUT2D eigenvalue weighted by atomic mass is 35.5. The Hall–Kier alpha value is -1.22. The Balaban J connectivity index is 2.62. The van der Waals surface area contributed by atoms with E-state index in [4.69, 9.17) is 16.3 Å². The maximum atomic E-state index is 11.2. The van der Waals surface area contributed by atoms with Crippen LogP contribution in [-0.2, 0) is 6.42 Å². The first-order chi connectivity index (χ1) is 7.00. The number of ether oxygens (including phenoxy) is 1. The van der Waals surface area contributed by atoms with Gasteiger partial charge in [-0.25, -0.2) is 0 Å². The van der Waals surface area contributed by atoms with Crippen LogP contribution in [0.5, 0.6) is 11.5 Å². The molecule has 4 heteroatoms. The van der Waals surface area contributed by atoms with Crippen LogP contribution < -0.4 is 4.74 Å². The van der Waals surface area contributed by atoms with Crippen molar-refractivity contribution in [1.82, 2.24) is 0 Å². The molecule has 1 aromatic rings. The predicted molar refractivity (Wildman–Crippen MR) is 56.9 cm³/mol. The molecule has 0 spiro atoms. The van der Waals surface area contributed by atoms with Gasteiger partial charge in [-0.1, -0.05) is 11.6 Å². The second-order valence-corrected chi connectivity index (χ2v) is 4.14. The van der Waals surface area contributed by atoms with E-state index >= 15 is 0 Å². The Morgan fingerprint density at radius 3 is 2.93 bits per heavy atom. The normalized spacial score (nSPS) is 18.5. The molecule has 0 aromatic heterocycles. The van der Waals surface area contributed by atoms with Crippen LogP contribution in [0.2, 0.25) is 5.02 Å². The smallest absolute Gasteiger partial charge is 0.163 e. The molecule has 1 heterocycles. The molecule has 0 amide bonds. The quantitative estimate of drug-likeness (QED) is 0.749. The number of carbonyl (C=O) groups is 1. The second-order valence-electron chi connectivity index (χ2n) is 3.76. The van der Waals surface area contributed by atoms with E-state index in [1.54, 1.807) is 6.07 Å². The van der Waals surface area contributed by atoms with Crippen molar-refractivity contribution >= 4 is 17.4 Å². The van der Waals surface area contributed by atoms with E-state index in [1.165, 1.54) is 6.92 Å². The molecule has 1 aliphatic rings. The highest BCUT2D eigenvalue weighted by Gasteiger charge is 2.26. The molecule has 15 heavy (non-hydrogen) atoms. The summed E-state index contributed by atoms with van der Waals surface area (Å²) < 4.78 is 5.45. The van der Waals surface area contributed by atoms with Gasteiger partial charge in [0.2, 0.25) is 0 Å². The third-order valence-electron chi connectivity index (χ3n) is 2.48. The summed E-state index contributed by atoms with van der Waals surface area (Å²) >= 11 is 5.93. The summed E-state index contributed by atoms with van der Waals surface area (Å²) in [4.78, 5) is 11.2. The number of carbonyl (C=O) groups excluding carboxylic acids is 1. The molecule has 1 aliphatic heterocycles. The van der Waals surface area contributed by atoms with Crippen LogP contribution >= 0.6 is 11.6 Å². The van der Waals surface area contributed by atoms with Crippen molar-refractivity contribution in [2.75, 3.05) is 0 Å². The van der Waals surface area contributed by atoms with Crippen LogP contribution in [0.25, 0.3) is 0 Å². The lowest BCUT2D eigenvalue weighted by Gasteiger charge is -2.08. The average Bonchev–Trinajstić information content (AvgIpc) is 2.52. The number of hydrogen-bond donors (Lipinski definition) is 1. The van der Waals surface area contributed by atoms with E-state index < -0.39 is 0 Å². The number of phenolic OH excluding ortho intramolecular Hbond substituents is 1. The van der Waals surface area contributed by atoms with Crippen molar-refractivity contribution in [2.24, 2.45) is 0 Å². The van der Waals surface area contributed by atoms with Gasteiger partial charge in [0.05, 0.1) is 5.56 Å². The zero-order valence-electron chi connectivity index (χ0n) is 8.50. The summed E-state index contributed by atoms with van der Waals surface area (Å²) in [5, 5.41) is 9.83. The number of ketones is 1. The third-order valence-corrected chi connectivity index (χ3v) is 2.83. The summed E-state index contributed by atoms with van der Waals surface area (Å²) in [5.41, 5.74) is 1.15. The lowest BCUT2D eigenvalue weighted by atomic mass is 10.0. The van der Waals surface area contributed by atoms with Crippen molar-refractivity contribution in [3.05, 3.63) is 22.2 Å². The van der Waals surface area contributed by atoms with Gasteiger partial charge in [-0.15, -0.1) is 0 Å². The molecule has 0 saturated heterocycles. The summed E-state index contributed by atoms with van der Waals surface area (Å²) in [6.45, 7) is 3.32. The Morgan fingerprint density at radius 1 is 1.67 bits per heavy atom. The number of Topliss-reactive ketones (excluding diaryl/α,β-unsaturated/α-hetero) is 1. The molecule has 2 rings (SSSR count). The molecule has 3 nitrogen and oxygen atoms in total. The van der Waals surface area contributed by atoms with Gasteiger partial charge >= 0.3 is 0 Å². The van der Waals surface area contributed by atoms with Gasteiger partial charge < -0.3 is 9.84 Å². The van der Waals surface area contributed by atoms with Crippen LogP contribution in [0, 0.1) is 0 Å². The average molecular weight is 227 g/mol. The third kappa shape index (κ3) is 1.57. The standard InChI is InChI=1S/C11H11ClO3/c1-5-3-7-4-8(6(2)13)10(14)9(12)11(7)15-5/h4-5,14H,3H2,1-2H3. The first-order valence-corrected chi connectivity index (χ1v) is 5.10. The Kier molecular flexibility index (Phi) is 2.35. The largest absolute Gasteiger partial charge is 0.505 e. The minimum Gasteiger partial charge on any atom is -0.505 e. The van der Waals surface area contributed by atoms with E-state index in [0.717, 1.165) is 12.0 Å². The van der Waals surface area contributed by atoms with E-state index in [9.17, 15) is 9.90 Å². The first kappa shape index (κ1) is 10.3. The van der Waals surface area contributed by atoms with Gasteiger partial charge in [0, 0.05) is 12.0 Å².